The first kappa shape index (κ1) is 27.9. The number of fused-ring (bicyclic) bond motifs is 1. The Bertz CT molecular complexity index is 1560. The lowest BCUT2D eigenvalue weighted by Crippen LogP contribution is -2.40. The van der Waals surface area contributed by atoms with E-state index >= 15 is 0 Å². The smallest absolute Gasteiger partial charge is 0.337 e. The SMILES string of the molecule is Cc1cc(-c2cccc(-c3cn4c(N5CCC(C)(C)CC5)c([C@H](OC(C)(C)C)C(=O)O)c(C)cc4n3)c2)n(C)n1. The number of aliphatic carboxylic acids is 1. The van der Waals surface area contributed by atoms with E-state index in [-0.39, 0.29) is 5.41 Å². The highest BCUT2D eigenvalue weighted by Gasteiger charge is 2.35. The third-order valence-electron chi connectivity index (χ3n) is 7.80. The standard InChI is InChI=1S/C32H41N5O3/c1-20-16-26-33-24(22-10-9-11-23(18-22)25-17-21(2)34-35(25)8)19-37(26)29(36-14-12-32(6,7)13-15-36)27(20)28(30(38)39)40-31(3,4)5/h9-11,16-19,28H,12-15H2,1-8H3,(H,38,39)/t28-/m0/s1. The number of imidazole rings is 1. The van der Waals surface area contributed by atoms with E-state index in [1.54, 1.807) is 0 Å². The van der Waals surface area contributed by atoms with Crippen molar-refractivity contribution in [2.24, 2.45) is 12.5 Å². The van der Waals surface area contributed by atoms with Crippen LogP contribution in [0.25, 0.3) is 28.2 Å². The van der Waals surface area contributed by atoms with Gasteiger partial charge in [0.05, 0.1) is 22.7 Å². The van der Waals surface area contributed by atoms with Crippen LogP contribution in [-0.2, 0) is 16.6 Å². The first-order chi connectivity index (χ1) is 18.7. The van der Waals surface area contributed by atoms with Gasteiger partial charge in [-0.25, -0.2) is 9.78 Å². The number of aromatic nitrogens is 4. The predicted molar refractivity (Wildman–Crippen MR) is 159 cm³/mol. The third kappa shape index (κ3) is 5.50. The maximum absolute atomic E-state index is 12.7. The third-order valence-corrected chi connectivity index (χ3v) is 7.80. The van der Waals surface area contributed by atoms with Gasteiger partial charge in [-0.2, -0.15) is 5.10 Å². The molecule has 0 amide bonds. The molecule has 4 heterocycles. The summed E-state index contributed by atoms with van der Waals surface area (Å²) in [6.45, 7) is 15.9. The molecule has 0 bridgehead atoms. The van der Waals surface area contributed by atoms with E-state index in [2.05, 4.69) is 52.5 Å². The van der Waals surface area contributed by atoms with Crippen LogP contribution in [0.3, 0.4) is 0 Å². The van der Waals surface area contributed by atoms with Crippen molar-refractivity contribution in [1.82, 2.24) is 19.2 Å². The van der Waals surface area contributed by atoms with Crippen molar-refractivity contribution in [2.75, 3.05) is 18.0 Å². The van der Waals surface area contributed by atoms with Gasteiger partial charge in [0, 0.05) is 43.0 Å². The van der Waals surface area contributed by atoms with Gasteiger partial charge in [-0.15, -0.1) is 0 Å². The van der Waals surface area contributed by atoms with Crippen molar-refractivity contribution in [3.8, 4) is 22.5 Å². The molecule has 1 aliphatic rings. The van der Waals surface area contributed by atoms with Gasteiger partial charge in [0.25, 0.3) is 0 Å². The molecule has 1 atom stereocenters. The van der Waals surface area contributed by atoms with E-state index in [1.807, 2.05) is 64.7 Å². The summed E-state index contributed by atoms with van der Waals surface area (Å²) in [5.74, 6) is -0.130. The maximum Gasteiger partial charge on any atom is 0.337 e. The molecule has 1 saturated heterocycles. The van der Waals surface area contributed by atoms with Crippen LogP contribution in [0.2, 0.25) is 0 Å². The quantitative estimate of drug-likeness (QED) is 0.295. The minimum atomic E-state index is -1.10. The Labute approximate surface area is 236 Å². The fraction of sp³-hybridized carbons (Fsp3) is 0.469. The van der Waals surface area contributed by atoms with Gasteiger partial charge in [-0.1, -0.05) is 32.0 Å². The number of nitrogens with zero attached hydrogens (tertiary/aromatic N) is 5. The molecule has 1 fully saturated rings. The number of hydrogen-bond acceptors (Lipinski definition) is 5. The highest BCUT2D eigenvalue weighted by molar-refractivity contribution is 5.80. The molecule has 1 N–H and O–H groups in total. The number of hydrogen-bond donors (Lipinski definition) is 1. The van der Waals surface area contributed by atoms with E-state index in [0.29, 0.717) is 5.56 Å². The van der Waals surface area contributed by atoms with Gasteiger partial charge in [0.2, 0.25) is 0 Å². The summed E-state index contributed by atoms with van der Waals surface area (Å²) in [5.41, 5.74) is 6.87. The Balaban J connectivity index is 1.68. The van der Waals surface area contributed by atoms with Crippen molar-refractivity contribution >= 4 is 17.4 Å². The number of aryl methyl sites for hydroxylation is 3. The van der Waals surface area contributed by atoms with Crippen molar-refractivity contribution < 1.29 is 14.6 Å². The first-order valence-electron chi connectivity index (χ1n) is 14.0. The Morgan fingerprint density at radius 1 is 1.07 bits per heavy atom. The Kier molecular flexibility index (Phi) is 7.03. The van der Waals surface area contributed by atoms with Crippen LogP contribution in [0, 0.1) is 19.3 Å². The van der Waals surface area contributed by atoms with E-state index in [0.717, 1.165) is 71.2 Å². The number of ether oxygens (including phenoxy) is 1. The number of rotatable bonds is 6. The summed E-state index contributed by atoms with van der Waals surface area (Å²) in [7, 11) is 1.95. The average Bonchev–Trinajstić information content (AvgIpc) is 3.43. The number of carboxylic acids is 1. The Morgan fingerprint density at radius 2 is 1.75 bits per heavy atom. The normalized spacial score (nSPS) is 16.4. The topological polar surface area (TPSA) is 84.9 Å². The zero-order valence-corrected chi connectivity index (χ0v) is 24.9. The molecule has 212 valence electrons. The predicted octanol–water partition coefficient (Wildman–Crippen LogP) is 6.59. The molecule has 8 nitrogen and oxygen atoms in total. The van der Waals surface area contributed by atoms with Crippen LogP contribution in [0.4, 0.5) is 5.82 Å². The molecule has 0 saturated carbocycles. The number of anilines is 1. The molecule has 0 radical (unpaired) electrons. The first-order valence-corrected chi connectivity index (χ1v) is 14.0. The minimum absolute atomic E-state index is 0.248. The van der Waals surface area contributed by atoms with Crippen LogP contribution < -0.4 is 4.90 Å². The van der Waals surface area contributed by atoms with Crippen LogP contribution in [0.1, 0.15) is 70.4 Å². The minimum Gasteiger partial charge on any atom is -0.479 e. The average molecular weight is 544 g/mol. The summed E-state index contributed by atoms with van der Waals surface area (Å²) >= 11 is 0. The molecule has 1 aliphatic heterocycles. The molecule has 1 aromatic carbocycles. The molecule has 8 heteroatoms. The number of carboxylic acid groups (broad SMARTS) is 1. The van der Waals surface area contributed by atoms with Gasteiger partial charge in [-0.3, -0.25) is 9.08 Å². The van der Waals surface area contributed by atoms with Gasteiger partial charge < -0.3 is 14.7 Å². The largest absolute Gasteiger partial charge is 0.479 e. The second kappa shape index (κ2) is 10.1. The fourth-order valence-electron chi connectivity index (χ4n) is 5.66. The second-order valence-electron chi connectivity index (χ2n) is 12.9. The molecule has 40 heavy (non-hydrogen) atoms. The van der Waals surface area contributed by atoms with Crippen LogP contribution >= 0.6 is 0 Å². The maximum atomic E-state index is 12.7. The molecule has 3 aromatic heterocycles. The van der Waals surface area contributed by atoms with E-state index in [1.165, 1.54) is 0 Å². The summed E-state index contributed by atoms with van der Waals surface area (Å²) < 4.78 is 10.2. The van der Waals surface area contributed by atoms with Crippen LogP contribution in [0.5, 0.6) is 0 Å². The molecule has 4 aromatic rings. The molecule has 0 spiro atoms. The number of pyridine rings is 1. The summed E-state index contributed by atoms with van der Waals surface area (Å²) in [5, 5.41) is 14.9. The van der Waals surface area contributed by atoms with Gasteiger partial charge >= 0.3 is 5.97 Å². The number of carbonyl (C=O) groups is 1. The number of piperidine rings is 1. The second-order valence-corrected chi connectivity index (χ2v) is 12.9. The lowest BCUT2D eigenvalue weighted by Gasteiger charge is -2.40. The highest BCUT2D eigenvalue weighted by atomic mass is 16.5. The van der Waals surface area contributed by atoms with E-state index in [9.17, 15) is 9.90 Å². The molecular formula is C32H41N5O3. The monoisotopic (exact) mass is 543 g/mol. The fourth-order valence-corrected chi connectivity index (χ4v) is 5.66. The molecule has 0 aliphatic carbocycles. The van der Waals surface area contributed by atoms with Gasteiger partial charge in [0.1, 0.15) is 11.5 Å². The lowest BCUT2D eigenvalue weighted by atomic mass is 9.82. The summed E-state index contributed by atoms with van der Waals surface area (Å²) in [6, 6.07) is 12.4. The van der Waals surface area contributed by atoms with Crippen molar-refractivity contribution in [3.05, 3.63) is 59.4 Å². The van der Waals surface area contributed by atoms with Crippen molar-refractivity contribution in [3.63, 3.8) is 0 Å². The molecule has 0 unspecified atom stereocenters. The molecule has 5 rings (SSSR count). The summed E-state index contributed by atoms with van der Waals surface area (Å²) in [4.78, 5) is 20.0. The summed E-state index contributed by atoms with van der Waals surface area (Å²) in [6.07, 6.45) is 2.98. The number of benzene rings is 1. The van der Waals surface area contributed by atoms with Gasteiger partial charge in [0.15, 0.2) is 6.10 Å². The molecular weight excluding hydrogens is 502 g/mol. The van der Waals surface area contributed by atoms with Crippen molar-refractivity contribution in [1.29, 1.82) is 0 Å². The zero-order valence-electron chi connectivity index (χ0n) is 24.9. The van der Waals surface area contributed by atoms with Crippen molar-refractivity contribution in [2.45, 2.75) is 73.0 Å². The van der Waals surface area contributed by atoms with Crippen LogP contribution in [-0.4, -0.2) is 48.9 Å². The highest BCUT2D eigenvalue weighted by Crippen LogP contribution is 2.40. The lowest BCUT2D eigenvalue weighted by molar-refractivity contribution is -0.160. The van der Waals surface area contributed by atoms with E-state index < -0.39 is 17.7 Å². The zero-order chi connectivity index (χ0) is 29.0. The Hall–Kier alpha value is -3.65. The van der Waals surface area contributed by atoms with E-state index in [4.69, 9.17) is 9.72 Å². The van der Waals surface area contributed by atoms with Crippen LogP contribution in [0.15, 0.2) is 42.6 Å². The Morgan fingerprint density at radius 3 is 2.35 bits per heavy atom. The van der Waals surface area contributed by atoms with Gasteiger partial charge in [-0.05, 0) is 76.6 Å².